The first-order valence-corrected chi connectivity index (χ1v) is 7.39. The van der Waals surface area contributed by atoms with E-state index in [9.17, 15) is 5.11 Å². The summed E-state index contributed by atoms with van der Waals surface area (Å²) in [5, 5.41) is 13.1. The van der Waals surface area contributed by atoms with E-state index in [2.05, 4.69) is 52.1 Å². The summed E-state index contributed by atoms with van der Waals surface area (Å²) in [6.45, 7) is 13.8. The molecule has 3 heteroatoms. The van der Waals surface area contributed by atoms with E-state index in [1.165, 1.54) is 5.56 Å². The van der Waals surface area contributed by atoms with Gasteiger partial charge in [-0.3, -0.25) is 0 Å². The fourth-order valence-electron chi connectivity index (χ4n) is 2.03. The van der Waals surface area contributed by atoms with Crippen LogP contribution < -0.4 is 10.1 Å². The van der Waals surface area contributed by atoms with Crippen LogP contribution in [0.15, 0.2) is 12.1 Å². The van der Waals surface area contributed by atoms with E-state index < -0.39 is 6.10 Å². The number of hydrogen-bond donors (Lipinski definition) is 2. The summed E-state index contributed by atoms with van der Waals surface area (Å²) in [4.78, 5) is 0. The summed E-state index contributed by atoms with van der Waals surface area (Å²) in [7, 11) is 0. The summed E-state index contributed by atoms with van der Waals surface area (Å²) in [5.74, 6) is 0.900. The van der Waals surface area contributed by atoms with Gasteiger partial charge in [0.05, 0.1) is 6.10 Å². The van der Waals surface area contributed by atoms with E-state index in [0.29, 0.717) is 13.0 Å². The standard InChI is InChI=1S/C17H29NO2/c1-7-15(19)11-20-16-12(2)8-14(9-13(16)3)10-18-17(4,5)6/h8-9,15,18-19H,7,10-11H2,1-6H3. The van der Waals surface area contributed by atoms with Crippen LogP contribution >= 0.6 is 0 Å². The molecular formula is C17H29NO2. The maximum Gasteiger partial charge on any atom is 0.125 e. The minimum atomic E-state index is -0.393. The number of hydrogen-bond acceptors (Lipinski definition) is 3. The summed E-state index contributed by atoms with van der Waals surface area (Å²) >= 11 is 0. The van der Waals surface area contributed by atoms with Crippen molar-refractivity contribution in [2.75, 3.05) is 6.61 Å². The molecule has 0 spiro atoms. The molecule has 0 saturated carbocycles. The largest absolute Gasteiger partial charge is 0.490 e. The lowest BCUT2D eigenvalue weighted by molar-refractivity contribution is 0.103. The number of benzene rings is 1. The fourth-order valence-corrected chi connectivity index (χ4v) is 2.03. The van der Waals surface area contributed by atoms with Gasteiger partial charge >= 0.3 is 0 Å². The topological polar surface area (TPSA) is 41.5 Å². The van der Waals surface area contributed by atoms with Crippen LogP contribution in [0.4, 0.5) is 0 Å². The van der Waals surface area contributed by atoms with Crippen molar-refractivity contribution in [3.8, 4) is 5.75 Å². The molecule has 114 valence electrons. The normalized spacial score (nSPS) is 13.3. The van der Waals surface area contributed by atoms with Gasteiger partial charge in [0.1, 0.15) is 12.4 Å². The molecule has 0 aromatic heterocycles. The van der Waals surface area contributed by atoms with E-state index in [-0.39, 0.29) is 5.54 Å². The molecule has 2 N–H and O–H groups in total. The lowest BCUT2D eigenvalue weighted by atomic mass is 10.0. The van der Waals surface area contributed by atoms with Crippen LogP contribution in [0, 0.1) is 13.8 Å². The Kier molecular flexibility index (Phi) is 6.03. The third-order valence-corrected chi connectivity index (χ3v) is 3.23. The molecule has 0 heterocycles. The smallest absolute Gasteiger partial charge is 0.125 e. The maximum atomic E-state index is 9.59. The van der Waals surface area contributed by atoms with Crippen molar-refractivity contribution in [1.82, 2.24) is 5.32 Å². The molecule has 1 unspecified atom stereocenters. The molecule has 1 rings (SSSR count). The Morgan fingerprint density at radius 2 is 1.75 bits per heavy atom. The molecule has 3 nitrogen and oxygen atoms in total. The summed E-state index contributed by atoms with van der Waals surface area (Å²) in [5.41, 5.74) is 3.62. The van der Waals surface area contributed by atoms with E-state index in [4.69, 9.17) is 4.74 Å². The molecule has 0 bridgehead atoms. The van der Waals surface area contributed by atoms with Crippen LogP contribution in [-0.4, -0.2) is 23.4 Å². The van der Waals surface area contributed by atoms with Crippen molar-refractivity contribution in [3.05, 3.63) is 28.8 Å². The highest BCUT2D eigenvalue weighted by Crippen LogP contribution is 2.25. The summed E-state index contributed by atoms with van der Waals surface area (Å²) in [6.07, 6.45) is 0.321. The number of ether oxygens (including phenoxy) is 1. The second-order valence-electron chi connectivity index (χ2n) is 6.54. The van der Waals surface area contributed by atoms with Crippen LogP contribution in [-0.2, 0) is 6.54 Å². The molecule has 1 aromatic rings. The lowest BCUT2D eigenvalue weighted by Crippen LogP contribution is -2.35. The molecule has 0 aliphatic rings. The van der Waals surface area contributed by atoms with Gasteiger partial charge in [0, 0.05) is 12.1 Å². The van der Waals surface area contributed by atoms with Crippen LogP contribution in [0.5, 0.6) is 5.75 Å². The van der Waals surface area contributed by atoms with Gasteiger partial charge in [-0.1, -0.05) is 19.1 Å². The first kappa shape index (κ1) is 17.0. The number of rotatable bonds is 6. The Hall–Kier alpha value is -1.06. The van der Waals surface area contributed by atoms with E-state index in [0.717, 1.165) is 23.4 Å². The Morgan fingerprint density at radius 1 is 1.20 bits per heavy atom. The van der Waals surface area contributed by atoms with Gasteiger partial charge in [0.15, 0.2) is 0 Å². The Labute approximate surface area is 123 Å². The second-order valence-corrected chi connectivity index (χ2v) is 6.54. The molecule has 1 atom stereocenters. The van der Waals surface area contributed by atoms with Crippen molar-refractivity contribution in [3.63, 3.8) is 0 Å². The third kappa shape index (κ3) is 5.51. The average Bonchev–Trinajstić information content (AvgIpc) is 2.34. The van der Waals surface area contributed by atoms with Crippen LogP contribution in [0.25, 0.3) is 0 Å². The lowest BCUT2D eigenvalue weighted by Gasteiger charge is -2.21. The summed E-state index contributed by atoms with van der Waals surface area (Å²) < 4.78 is 5.75. The van der Waals surface area contributed by atoms with Gasteiger partial charge in [0.25, 0.3) is 0 Å². The Balaban J connectivity index is 2.76. The predicted octanol–water partition coefficient (Wildman–Crippen LogP) is 3.34. The Morgan fingerprint density at radius 3 is 2.20 bits per heavy atom. The highest BCUT2D eigenvalue weighted by molar-refractivity contribution is 5.43. The number of nitrogens with one attached hydrogen (secondary N) is 1. The molecule has 0 aliphatic carbocycles. The van der Waals surface area contributed by atoms with Gasteiger partial charge in [0.2, 0.25) is 0 Å². The molecule has 0 fully saturated rings. The van der Waals surface area contributed by atoms with E-state index >= 15 is 0 Å². The van der Waals surface area contributed by atoms with Crippen molar-refractivity contribution in [2.24, 2.45) is 0 Å². The quantitative estimate of drug-likeness (QED) is 0.839. The van der Waals surface area contributed by atoms with Crippen molar-refractivity contribution < 1.29 is 9.84 Å². The van der Waals surface area contributed by atoms with Gasteiger partial charge in [-0.15, -0.1) is 0 Å². The minimum Gasteiger partial charge on any atom is -0.490 e. The highest BCUT2D eigenvalue weighted by Gasteiger charge is 2.12. The van der Waals surface area contributed by atoms with E-state index in [1.807, 2.05) is 6.92 Å². The van der Waals surface area contributed by atoms with Crippen LogP contribution in [0.3, 0.4) is 0 Å². The summed E-state index contributed by atoms with van der Waals surface area (Å²) in [6, 6.07) is 4.30. The van der Waals surface area contributed by atoms with Crippen LogP contribution in [0.1, 0.15) is 50.8 Å². The van der Waals surface area contributed by atoms with Crippen molar-refractivity contribution in [1.29, 1.82) is 0 Å². The maximum absolute atomic E-state index is 9.59. The zero-order valence-electron chi connectivity index (χ0n) is 13.7. The molecule has 1 aromatic carbocycles. The Bertz CT molecular complexity index is 412. The number of aryl methyl sites for hydroxylation is 2. The third-order valence-electron chi connectivity index (χ3n) is 3.23. The number of aliphatic hydroxyl groups excluding tert-OH is 1. The predicted molar refractivity (Wildman–Crippen MR) is 84.3 cm³/mol. The molecule has 20 heavy (non-hydrogen) atoms. The SMILES string of the molecule is CCC(O)COc1c(C)cc(CNC(C)(C)C)cc1C. The van der Waals surface area contributed by atoms with Gasteiger partial charge in [-0.05, 0) is 57.7 Å². The minimum absolute atomic E-state index is 0.113. The van der Waals surface area contributed by atoms with Crippen molar-refractivity contribution >= 4 is 0 Å². The number of aliphatic hydroxyl groups is 1. The average molecular weight is 279 g/mol. The first-order chi connectivity index (χ1) is 9.23. The molecule has 0 radical (unpaired) electrons. The van der Waals surface area contributed by atoms with Gasteiger partial charge in [-0.25, -0.2) is 0 Å². The first-order valence-electron chi connectivity index (χ1n) is 7.39. The zero-order valence-corrected chi connectivity index (χ0v) is 13.7. The second kappa shape index (κ2) is 7.09. The monoisotopic (exact) mass is 279 g/mol. The molecule has 0 amide bonds. The molecule has 0 aliphatic heterocycles. The van der Waals surface area contributed by atoms with Crippen molar-refractivity contribution in [2.45, 2.75) is 66.2 Å². The van der Waals surface area contributed by atoms with E-state index in [1.54, 1.807) is 0 Å². The van der Waals surface area contributed by atoms with Gasteiger partial charge < -0.3 is 15.2 Å². The zero-order chi connectivity index (χ0) is 15.3. The highest BCUT2D eigenvalue weighted by atomic mass is 16.5. The van der Waals surface area contributed by atoms with Gasteiger partial charge in [-0.2, -0.15) is 0 Å². The van der Waals surface area contributed by atoms with Crippen LogP contribution in [0.2, 0.25) is 0 Å². The fraction of sp³-hybridized carbons (Fsp3) is 0.647. The molecular weight excluding hydrogens is 250 g/mol. The molecule has 0 saturated heterocycles.